The van der Waals surface area contributed by atoms with E-state index in [0.717, 1.165) is 38.3 Å². The van der Waals surface area contributed by atoms with Crippen molar-refractivity contribution in [2.75, 3.05) is 18.0 Å². The number of anilines is 1. The van der Waals surface area contributed by atoms with Gasteiger partial charge in [0.25, 0.3) is 0 Å². The molecule has 0 saturated carbocycles. The first-order chi connectivity index (χ1) is 9.47. The molecule has 1 aromatic heterocycles. The van der Waals surface area contributed by atoms with Gasteiger partial charge in [0.15, 0.2) is 0 Å². The van der Waals surface area contributed by atoms with Crippen LogP contribution in [-0.2, 0) is 6.42 Å². The van der Waals surface area contributed by atoms with Gasteiger partial charge < -0.3 is 10.6 Å². The van der Waals surface area contributed by atoms with Gasteiger partial charge in [0.2, 0.25) is 5.95 Å². The topological polar surface area (TPSA) is 55.0 Å². The second-order valence-electron chi connectivity index (χ2n) is 6.67. The second kappa shape index (κ2) is 6.53. The first-order valence-electron chi connectivity index (χ1n) is 7.83. The summed E-state index contributed by atoms with van der Waals surface area (Å²) in [4.78, 5) is 11.7. The molecule has 4 heteroatoms. The van der Waals surface area contributed by atoms with Crippen LogP contribution >= 0.6 is 0 Å². The summed E-state index contributed by atoms with van der Waals surface area (Å²) in [6, 6.07) is 0.255. The molecule has 0 bridgehead atoms. The van der Waals surface area contributed by atoms with E-state index in [1.807, 2.05) is 6.20 Å². The van der Waals surface area contributed by atoms with Gasteiger partial charge in [-0.1, -0.05) is 27.7 Å². The Balaban J connectivity index is 2.26. The Morgan fingerprint density at radius 2 is 2.10 bits per heavy atom. The molecule has 2 rings (SSSR count). The number of aromatic nitrogens is 2. The maximum Gasteiger partial charge on any atom is 0.225 e. The minimum atomic E-state index is 0.255. The van der Waals surface area contributed by atoms with E-state index in [0.29, 0.717) is 11.8 Å². The standard InChI is InChI=1S/C16H28N4/c1-11(2)8-15-14(12(3)4)9-18-16(19-15)20-7-5-6-13(17)10-20/h9,11-13H,5-8,10,17H2,1-4H3. The molecular formula is C16H28N4. The predicted molar refractivity (Wildman–Crippen MR) is 84.1 cm³/mol. The number of hydrogen-bond donors (Lipinski definition) is 1. The van der Waals surface area contributed by atoms with Gasteiger partial charge in [0.05, 0.1) is 0 Å². The highest BCUT2D eigenvalue weighted by atomic mass is 15.3. The Kier molecular flexibility index (Phi) is 4.97. The third-order valence-corrected chi connectivity index (χ3v) is 3.85. The minimum absolute atomic E-state index is 0.255. The van der Waals surface area contributed by atoms with Crippen molar-refractivity contribution >= 4 is 5.95 Å². The molecule has 2 N–H and O–H groups in total. The molecule has 0 aliphatic carbocycles. The summed E-state index contributed by atoms with van der Waals surface area (Å²) in [5.74, 6) is 1.94. The van der Waals surface area contributed by atoms with Gasteiger partial charge in [-0.25, -0.2) is 9.97 Å². The Bertz CT molecular complexity index is 442. The van der Waals surface area contributed by atoms with Crippen LogP contribution in [0.15, 0.2) is 6.20 Å². The summed E-state index contributed by atoms with van der Waals surface area (Å²) in [5.41, 5.74) is 8.55. The summed E-state index contributed by atoms with van der Waals surface area (Å²) < 4.78 is 0. The molecule has 0 radical (unpaired) electrons. The van der Waals surface area contributed by atoms with Gasteiger partial charge in [-0.2, -0.15) is 0 Å². The Morgan fingerprint density at radius 1 is 1.35 bits per heavy atom. The van der Waals surface area contributed by atoms with Crippen LogP contribution in [0.2, 0.25) is 0 Å². The van der Waals surface area contributed by atoms with E-state index in [9.17, 15) is 0 Å². The average molecular weight is 276 g/mol. The maximum absolute atomic E-state index is 6.06. The van der Waals surface area contributed by atoms with Crippen LogP contribution < -0.4 is 10.6 Å². The highest BCUT2D eigenvalue weighted by Gasteiger charge is 2.20. The fourth-order valence-corrected chi connectivity index (χ4v) is 2.79. The molecule has 1 saturated heterocycles. The fourth-order valence-electron chi connectivity index (χ4n) is 2.79. The molecule has 1 aliphatic rings. The lowest BCUT2D eigenvalue weighted by molar-refractivity contribution is 0.498. The van der Waals surface area contributed by atoms with Crippen LogP contribution in [0, 0.1) is 5.92 Å². The van der Waals surface area contributed by atoms with Crippen LogP contribution in [0.1, 0.15) is 57.7 Å². The summed E-state index contributed by atoms with van der Waals surface area (Å²) in [6.45, 7) is 10.8. The fraction of sp³-hybridized carbons (Fsp3) is 0.750. The lowest BCUT2D eigenvalue weighted by Gasteiger charge is -2.31. The molecule has 1 aliphatic heterocycles. The van der Waals surface area contributed by atoms with E-state index in [2.05, 4.69) is 37.6 Å². The Hall–Kier alpha value is -1.16. The molecule has 20 heavy (non-hydrogen) atoms. The average Bonchev–Trinajstić information content (AvgIpc) is 2.37. The molecular weight excluding hydrogens is 248 g/mol. The first kappa shape index (κ1) is 15.2. The maximum atomic E-state index is 6.06. The lowest BCUT2D eigenvalue weighted by atomic mass is 9.97. The Morgan fingerprint density at radius 3 is 2.70 bits per heavy atom. The predicted octanol–water partition coefficient (Wildman–Crippen LogP) is 2.73. The number of piperidine rings is 1. The second-order valence-corrected chi connectivity index (χ2v) is 6.67. The van der Waals surface area contributed by atoms with Crippen molar-refractivity contribution in [3.63, 3.8) is 0 Å². The van der Waals surface area contributed by atoms with Crippen LogP contribution in [0.3, 0.4) is 0 Å². The Labute approximate surface area is 122 Å². The summed E-state index contributed by atoms with van der Waals surface area (Å²) in [6.07, 6.45) is 5.28. The molecule has 0 aromatic carbocycles. The van der Waals surface area contributed by atoms with Gasteiger partial charge >= 0.3 is 0 Å². The van der Waals surface area contributed by atoms with Crippen molar-refractivity contribution in [3.05, 3.63) is 17.5 Å². The third-order valence-electron chi connectivity index (χ3n) is 3.85. The van der Waals surface area contributed by atoms with Gasteiger partial charge in [-0.3, -0.25) is 0 Å². The lowest BCUT2D eigenvalue weighted by Crippen LogP contribution is -2.43. The van der Waals surface area contributed by atoms with Crippen molar-refractivity contribution in [1.82, 2.24) is 9.97 Å². The summed E-state index contributed by atoms with van der Waals surface area (Å²) in [7, 11) is 0. The van der Waals surface area contributed by atoms with Crippen LogP contribution in [-0.4, -0.2) is 29.1 Å². The van der Waals surface area contributed by atoms with Gasteiger partial charge in [0.1, 0.15) is 0 Å². The molecule has 4 nitrogen and oxygen atoms in total. The number of nitrogens with two attached hydrogens (primary N) is 1. The van der Waals surface area contributed by atoms with Crippen LogP contribution in [0.5, 0.6) is 0 Å². The molecule has 1 fully saturated rings. The van der Waals surface area contributed by atoms with Crippen LogP contribution in [0.4, 0.5) is 5.95 Å². The van der Waals surface area contributed by atoms with E-state index in [-0.39, 0.29) is 6.04 Å². The highest BCUT2D eigenvalue weighted by molar-refractivity contribution is 5.35. The zero-order chi connectivity index (χ0) is 14.7. The van der Waals surface area contributed by atoms with E-state index in [4.69, 9.17) is 10.7 Å². The van der Waals surface area contributed by atoms with Crippen molar-refractivity contribution in [1.29, 1.82) is 0 Å². The SMILES string of the molecule is CC(C)Cc1nc(N2CCCC(N)C2)ncc1C(C)C. The van der Waals surface area contributed by atoms with E-state index in [1.54, 1.807) is 0 Å². The molecule has 1 aromatic rings. The summed E-state index contributed by atoms with van der Waals surface area (Å²) in [5, 5.41) is 0. The molecule has 2 heterocycles. The number of nitrogens with zero attached hydrogens (tertiary/aromatic N) is 3. The van der Waals surface area contributed by atoms with Gasteiger partial charge in [-0.05, 0) is 36.7 Å². The molecule has 0 amide bonds. The molecule has 112 valence electrons. The largest absolute Gasteiger partial charge is 0.339 e. The number of hydrogen-bond acceptors (Lipinski definition) is 4. The highest BCUT2D eigenvalue weighted by Crippen LogP contribution is 2.23. The first-order valence-corrected chi connectivity index (χ1v) is 7.83. The quantitative estimate of drug-likeness (QED) is 0.918. The van der Waals surface area contributed by atoms with Gasteiger partial charge in [0, 0.05) is 31.0 Å². The van der Waals surface area contributed by atoms with Crippen molar-refractivity contribution in [2.45, 2.75) is 58.9 Å². The monoisotopic (exact) mass is 276 g/mol. The molecule has 1 atom stereocenters. The van der Waals surface area contributed by atoms with E-state index in [1.165, 1.54) is 11.3 Å². The van der Waals surface area contributed by atoms with E-state index >= 15 is 0 Å². The zero-order valence-corrected chi connectivity index (χ0v) is 13.3. The smallest absolute Gasteiger partial charge is 0.225 e. The van der Waals surface area contributed by atoms with Crippen LogP contribution in [0.25, 0.3) is 0 Å². The summed E-state index contributed by atoms with van der Waals surface area (Å²) >= 11 is 0. The molecule has 1 unspecified atom stereocenters. The van der Waals surface area contributed by atoms with Crippen molar-refractivity contribution in [3.8, 4) is 0 Å². The van der Waals surface area contributed by atoms with Gasteiger partial charge in [-0.15, -0.1) is 0 Å². The van der Waals surface area contributed by atoms with Crippen molar-refractivity contribution < 1.29 is 0 Å². The minimum Gasteiger partial charge on any atom is -0.339 e. The zero-order valence-electron chi connectivity index (χ0n) is 13.3. The third kappa shape index (κ3) is 3.69. The van der Waals surface area contributed by atoms with Crippen molar-refractivity contribution in [2.24, 2.45) is 11.7 Å². The number of rotatable bonds is 4. The normalized spacial score (nSPS) is 19.9. The molecule has 0 spiro atoms. The van der Waals surface area contributed by atoms with E-state index < -0.39 is 0 Å².